The Morgan fingerprint density at radius 1 is 1.10 bits per heavy atom. The van der Waals surface area contributed by atoms with E-state index in [-0.39, 0.29) is 13.2 Å². The molecule has 1 N–H and O–H groups in total. The van der Waals surface area contributed by atoms with Crippen LogP contribution in [0.3, 0.4) is 0 Å². The van der Waals surface area contributed by atoms with Gasteiger partial charge in [-0.15, -0.1) is 10.2 Å². The predicted octanol–water partition coefficient (Wildman–Crippen LogP) is 2.96. The van der Waals surface area contributed by atoms with Crippen LogP contribution in [-0.4, -0.2) is 27.9 Å². The minimum Gasteiger partial charge on any atom is -0.480 e. The van der Waals surface area contributed by atoms with Gasteiger partial charge in [0.1, 0.15) is 13.2 Å². The SMILES string of the molecule is CCCCCCCCCc1nnc(COCC(=O)O)o1. The number of carboxylic acid groups (broad SMARTS) is 1. The van der Waals surface area contributed by atoms with E-state index >= 15 is 0 Å². The summed E-state index contributed by atoms with van der Waals surface area (Å²) in [4.78, 5) is 10.3. The van der Waals surface area contributed by atoms with E-state index in [1.807, 2.05) is 0 Å². The minimum absolute atomic E-state index is 0.0519. The summed E-state index contributed by atoms with van der Waals surface area (Å²) < 4.78 is 10.2. The van der Waals surface area contributed by atoms with Crippen LogP contribution < -0.4 is 0 Å². The molecule has 0 saturated carbocycles. The molecule has 1 heterocycles. The molecule has 0 aliphatic carbocycles. The number of hydrogen-bond acceptors (Lipinski definition) is 5. The fourth-order valence-corrected chi connectivity index (χ4v) is 1.91. The number of aromatic nitrogens is 2. The van der Waals surface area contributed by atoms with Gasteiger partial charge in [-0.3, -0.25) is 0 Å². The average molecular weight is 284 g/mol. The zero-order valence-corrected chi connectivity index (χ0v) is 12.1. The van der Waals surface area contributed by atoms with E-state index < -0.39 is 5.97 Å². The maximum absolute atomic E-state index is 10.3. The lowest BCUT2D eigenvalue weighted by molar-refractivity contribution is -0.142. The molecule has 0 aliphatic heterocycles. The fraction of sp³-hybridized carbons (Fsp3) is 0.786. The summed E-state index contributed by atoms with van der Waals surface area (Å²) in [6, 6.07) is 0. The molecule has 20 heavy (non-hydrogen) atoms. The van der Waals surface area contributed by atoms with Gasteiger partial charge in [0.2, 0.25) is 11.8 Å². The van der Waals surface area contributed by atoms with Gasteiger partial charge in [-0.25, -0.2) is 4.79 Å². The Labute approximate surface area is 119 Å². The molecule has 6 nitrogen and oxygen atoms in total. The highest BCUT2D eigenvalue weighted by Crippen LogP contribution is 2.10. The normalized spacial score (nSPS) is 10.8. The maximum Gasteiger partial charge on any atom is 0.329 e. The van der Waals surface area contributed by atoms with Gasteiger partial charge in [-0.1, -0.05) is 45.4 Å². The molecule has 1 aromatic heterocycles. The fourth-order valence-electron chi connectivity index (χ4n) is 1.91. The maximum atomic E-state index is 10.3. The van der Waals surface area contributed by atoms with Gasteiger partial charge in [0.25, 0.3) is 0 Å². The quantitative estimate of drug-likeness (QED) is 0.594. The second-order valence-electron chi connectivity index (χ2n) is 4.85. The van der Waals surface area contributed by atoms with Crippen LogP contribution in [0.4, 0.5) is 0 Å². The predicted molar refractivity (Wildman–Crippen MR) is 73.3 cm³/mol. The third kappa shape index (κ3) is 7.89. The number of hydrogen-bond donors (Lipinski definition) is 1. The molecule has 114 valence electrons. The molecule has 1 rings (SSSR count). The van der Waals surface area contributed by atoms with Gasteiger partial charge < -0.3 is 14.3 Å². The summed E-state index contributed by atoms with van der Waals surface area (Å²) in [7, 11) is 0. The number of aryl methyl sites for hydroxylation is 1. The third-order valence-electron chi connectivity index (χ3n) is 2.95. The van der Waals surface area contributed by atoms with Crippen LogP contribution in [0.2, 0.25) is 0 Å². The van der Waals surface area contributed by atoms with E-state index in [2.05, 4.69) is 17.1 Å². The monoisotopic (exact) mass is 284 g/mol. The number of carbonyl (C=O) groups is 1. The molecular formula is C14H24N2O4. The Hall–Kier alpha value is -1.43. The van der Waals surface area contributed by atoms with Crippen LogP contribution in [0.5, 0.6) is 0 Å². The number of unbranched alkanes of at least 4 members (excludes halogenated alkanes) is 6. The highest BCUT2D eigenvalue weighted by Gasteiger charge is 2.07. The van der Waals surface area contributed by atoms with Gasteiger partial charge in [0.15, 0.2) is 0 Å². The number of ether oxygens (including phenoxy) is 1. The van der Waals surface area contributed by atoms with Crippen molar-refractivity contribution in [1.29, 1.82) is 0 Å². The molecule has 0 aromatic carbocycles. The Morgan fingerprint density at radius 3 is 2.45 bits per heavy atom. The third-order valence-corrected chi connectivity index (χ3v) is 2.95. The first kappa shape index (κ1) is 16.6. The van der Waals surface area contributed by atoms with Gasteiger partial charge in [0.05, 0.1) is 0 Å². The van der Waals surface area contributed by atoms with Crippen LogP contribution in [-0.2, 0) is 22.6 Å². The molecule has 0 aliphatic rings. The summed E-state index contributed by atoms with van der Waals surface area (Å²) >= 11 is 0. The Kier molecular flexibility index (Phi) is 8.62. The largest absolute Gasteiger partial charge is 0.480 e. The first-order valence-corrected chi connectivity index (χ1v) is 7.33. The van der Waals surface area contributed by atoms with Crippen molar-refractivity contribution >= 4 is 5.97 Å². The van der Waals surface area contributed by atoms with E-state index in [1.165, 1.54) is 38.5 Å². The smallest absolute Gasteiger partial charge is 0.329 e. The zero-order chi connectivity index (χ0) is 14.6. The molecule has 0 bridgehead atoms. The number of nitrogens with zero attached hydrogens (tertiary/aromatic N) is 2. The number of carboxylic acids is 1. The van der Waals surface area contributed by atoms with E-state index in [4.69, 9.17) is 14.3 Å². The highest BCUT2D eigenvalue weighted by atomic mass is 16.5. The van der Waals surface area contributed by atoms with Crippen LogP contribution >= 0.6 is 0 Å². The molecule has 0 unspecified atom stereocenters. The van der Waals surface area contributed by atoms with Gasteiger partial charge in [-0.05, 0) is 6.42 Å². The summed E-state index contributed by atoms with van der Waals surface area (Å²) in [5, 5.41) is 16.2. The molecule has 1 aromatic rings. The van der Waals surface area contributed by atoms with Crippen molar-refractivity contribution in [2.75, 3.05) is 6.61 Å². The van der Waals surface area contributed by atoms with Crippen molar-refractivity contribution in [2.45, 2.75) is 64.9 Å². The summed E-state index contributed by atoms with van der Waals surface area (Å²) in [6.45, 7) is 1.92. The Balaban J connectivity index is 2.06. The molecule has 0 atom stereocenters. The zero-order valence-electron chi connectivity index (χ0n) is 12.1. The van der Waals surface area contributed by atoms with Crippen molar-refractivity contribution in [2.24, 2.45) is 0 Å². The second kappa shape index (κ2) is 10.4. The van der Waals surface area contributed by atoms with Crippen molar-refractivity contribution in [3.8, 4) is 0 Å². The van der Waals surface area contributed by atoms with Crippen LogP contribution in [0, 0.1) is 0 Å². The van der Waals surface area contributed by atoms with E-state index in [9.17, 15) is 4.79 Å². The first-order valence-electron chi connectivity index (χ1n) is 7.33. The summed E-state index contributed by atoms with van der Waals surface area (Å²) in [5.41, 5.74) is 0. The molecule has 0 saturated heterocycles. The second-order valence-corrected chi connectivity index (χ2v) is 4.85. The molecule has 6 heteroatoms. The van der Waals surface area contributed by atoms with Gasteiger partial charge in [0, 0.05) is 6.42 Å². The standard InChI is InChI=1S/C14H24N2O4/c1-2-3-4-5-6-7-8-9-12-15-16-13(20-12)10-19-11-14(17)18/h2-11H2,1H3,(H,17,18). The number of rotatable bonds is 12. The molecule has 0 fully saturated rings. The Bertz CT molecular complexity index is 379. The van der Waals surface area contributed by atoms with Crippen molar-refractivity contribution in [1.82, 2.24) is 10.2 Å². The Morgan fingerprint density at radius 2 is 1.75 bits per heavy atom. The lowest BCUT2D eigenvalue weighted by Crippen LogP contribution is -2.06. The van der Waals surface area contributed by atoms with E-state index in [0.717, 1.165) is 12.8 Å². The minimum atomic E-state index is -1.01. The van der Waals surface area contributed by atoms with E-state index in [1.54, 1.807) is 0 Å². The van der Waals surface area contributed by atoms with Crippen molar-refractivity contribution in [3.05, 3.63) is 11.8 Å². The number of aliphatic carboxylic acids is 1. The van der Waals surface area contributed by atoms with Crippen molar-refractivity contribution in [3.63, 3.8) is 0 Å². The highest BCUT2D eigenvalue weighted by molar-refractivity contribution is 5.67. The lowest BCUT2D eigenvalue weighted by atomic mass is 10.1. The van der Waals surface area contributed by atoms with Gasteiger partial charge >= 0.3 is 5.97 Å². The van der Waals surface area contributed by atoms with E-state index in [0.29, 0.717) is 11.8 Å². The molecule has 0 amide bonds. The summed E-state index contributed by atoms with van der Waals surface area (Å²) in [5.74, 6) is -0.0653. The molecule has 0 spiro atoms. The molecule has 0 radical (unpaired) electrons. The van der Waals surface area contributed by atoms with Crippen LogP contribution in [0.25, 0.3) is 0 Å². The first-order chi connectivity index (χ1) is 9.72. The summed E-state index contributed by atoms with van der Waals surface area (Å²) in [6.07, 6.45) is 9.47. The average Bonchev–Trinajstić information content (AvgIpc) is 2.85. The van der Waals surface area contributed by atoms with Crippen LogP contribution in [0.15, 0.2) is 4.42 Å². The van der Waals surface area contributed by atoms with Crippen molar-refractivity contribution < 1.29 is 19.1 Å². The van der Waals surface area contributed by atoms with Gasteiger partial charge in [-0.2, -0.15) is 0 Å². The van der Waals surface area contributed by atoms with Crippen LogP contribution in [0.1, 0.15) is 63.7 Å². The molecular weight excluding hydrogens is 260 g/mol. The lowest BCUT2D eigenvalue weighted by Gasteiger charge is -1.99. The topological polar surface area (TPSA) is 85.5 Å².